The minimum Gasteiger partial charge on any atom is -0.324 e. The van der Waals surface area contributed by atoms with Crippen LogP contribution in [0.25, 0.3) is 0 Å². The molecule has 23 heavy (non-hydrogen) atoms. The van der Waals surface area contributed by atoms with Crippen LogP contribution in [0, 0.1) is 5.41 Å². The Hall–Kier alpha value is -2.01. The Morgan fingerprint density at radius 1 is 1.22 bits per heavy atom. The average Bonchev–Trinajstić information content (AvgIpc) is 2.94. The van der Waals surface area contributed by atoms with Crippen molar-refractivity contribution in [2.45, 2.75) is 39.7 Å². The fraction of sp³-hybridized carbons (Fsp3) is 0.500. The molecule has 1 atom stereocenters. The highest BCUT2D eigenvalue weighted by molar-refractivity contribution is 5.50. The highest BCUT2D eigenvalue weighted by Crippen LogP contribution is 2.34. The number of aromatic nitrogens is 3. The molecule has 122 valence electrons. The Morgan fingerprint density at radius 2 is 2.09 bits per heavy atom. The van der Waals surface area contributed by atoms with E-state index in [1.807, 2.05) is 6.07 Å². The normalized spacial score (nSPS) is 19.0. The van der Waals surface area contributed by atoms with Crippen LogP contribution in [0.2, 0.25) is 0 Å². The number of likely N-dealkylation sites (tertiary alicyclic amines) is 1. The Balaban J connectivity index is 1.76. The van der Waals surface area contributed by atoms with E-state index in [4.69, 9.17) is 4.98 Å². The van der Waals surface area contributed by atoms with Crippen molar-refractivity contribution in [1.82, 2.24) is 19.9 Å². The zero-order valence-electron chi connectivity index (χ0n) is 14.2. The van der Waals surface area contributed by atoms with E-state index in [0.717, 1.165) is 30.4 Å². The Labute approximate surface area is 138 Å². The summed E-state index contributed by atoms with van der Waals surface area (Å²) in [6.07, 6.45) is 7.46. The molecule has 0 amide bonds. The predicted octanol–water partition coefficient (Wildman–Crippen LogP) is 3.80. The molecule has 1 saturated heterocycles. The van der Waals surface area contributed by atoms with Crippen molar-refractivity contribution >= 4 is 11.6 Å². The third-order valence-corrected chi connectivity index (χ3v) is 3.97. The van der Waals surface area contributed by atoms with Gasteiger partial charge in [-0.1, -0.05) is 26.8 Å². The Bertz CT molecular complexity index is 635. The first-order valence-corrected chi connectivity index (χ1v) is 8.25. The first-order valence-electron chi connectivity index (χ1n) is 8.25. The average molecular weight is 311 g/mol. The molecule has 1 aliphatic heterocycles. The SMILES string of the molecule is CC(C)(C)CN1CCCC1c1cccc(Nc2cnccn2)n1. The standard InChI is InChI=1S/C18H25N5/c1-18(2,3)13-23-11-5-7-15(23)14-6-4-8-16(21-14)22-17-12-19-9-10-20-17/h4,6,8-10,12,15H,5,7,11,13H2,1-3H3,(H,20,21,22). The molecule has 0 aliphatic carbocycles. The molecule has 0 bridgehead atoms. The largest absolute Gasteiger partial charge is 0.324 e. The van der Waals surface area contributed by atoms with Crippen LogP contribution in [0.15, 0.2) is 36.8 Å². The summed E-state index contributed by atoms with van der Waals surface area (Å²) in [5.41, 5.74) is 1.44. The summed E-state index contributed by atoms with van der Waals surface area (Å²) in [6.45, 7) is 9.14. The van der Waals surface area contributed by atoms with Crippen molar-refractivity contribution in [1.29, 1.82) is 0 Å². The highest BCUT2D eigenvalue weighted by atomic mass is 15.2. The Morgan fingerprint density at radius 3 is 2.83 bits per heavy atom. The summed E-state index contributed by atoms with van der Waals surface area (Å²) in [4.78, 5) is 15.7. The lowest BCUT2D eigenvalue weighted by molar-refractivity contribution is 0.176. The number of hydrogen-bond acceptors (Lipinski definition) is 5. The summed E-state index contributed by atoms with van der Waals surface area (Å²) in [5, 5.41) is 3.23. The molecule has 1 aliphatic rings. The summed E-state index contributed by atoms with van der Waals surface area (Å²) in [5.74, 6) is 1.54. The van der Waals surface area contributed by atoms with Crippen LogP contribution in [0.1, 0.15) is 45.3 Å². The summed E-state index contributed by atoms with van der Waals surface area (Å²) in [6, 6.07) is 6.58. The fourth-order valence-electron chi connectivity index (χ4n) is 3.16. The molecule has 2 aromatic heterocycles. The summed E-state index contributed by atoms with van der Waals surface area (Å²) < 4.78 is 0. The van der Waals surface area contributed by atoms with Crippen LogP contribution in [-0.4, -0.2) is 32.9 Å². The van der Waals surface area contributed by atoms with E-state index >= 15 is 0 Å². The molecule has 1 N–H and O–H groups in total. The molecular formula is C18H25N5. The maximum absolute atomic E-state index is 4.81. The van der Waals surface area contributed by atoms with Crippen LogP contribution in [0.5, 0.6) is 0 Å². The van der Waals surface area contributed by atoms with Crippen LogP contribution < -0.4 is 5.32 Å². The first-order chi connectivity index (χ1) is 11.0. The van der Waals surface area contributed by atoms with Crippen molar-refractivity contribution in [3.8, 4) is 0 Å². The first kappa shape index (κ1) is 15.9. The molecule has 2 aromatic rings. The minimum absolute atomic E-state index is 0.304. The molecule has 0 spiro atoms. The summed E-state index contributed by atoms with van der Waals surface area (Å²) in [7, 11) is 0. The number of anilines is 2. The van der Waals surface area contributed by atoms with Gasteiger partial charge < -0.3 is 5.32 Å². The van der Waals surface area contributed by atoms with Crippen molar-refractivity contribution in [3.05, 3.63) is 42.5 Å². The van der Waals surface area contributed by atoms with Gasteiger partial charge in [-0.3, -0.25) is 9.88 Å². The lowest BCUT2D eigenvalue weighted by Gasteiger charge is -2.31. The third kappa shape index (κ3) is 4.26. The number of rotatable bonds is 4. The molecule has 3 heterocycles. The van der Waals surface area contributed by atoms with Crippen molar-refractivity contribution in [2.75, 3.05) is 18.4 Å². The van der Waals surface area contributed by atoms with Gasteiger partial charge >= 0.3 is 0 Å². The van der Waals surface area contributed by atoms with Gasteiger partial charge in [-0.15, -0.1) is 0 Å². The molecule has 1 fully saturated rings. The molecule has 0 saturated carbocycles. The third-order valence-electron chi connectivity index (χ3n) is 3.97. The predicted molar refractivity (Wildman–Crippen MR) is 92.6 cm³/mol. The van der Waals surface area contributed by atoms with Gasteiger partial charge in [0.1, 0.15) is 11.6 Å². The van der Waals surface area contributed by atoms with E-state index in [9.17, 15) is 0 Å². The van der Waals surface area contributed by atoms with Crippen LogP contribution in [0.4, 0.5) is 11.6 Å². The number of pyridine rings is 1. The molecule has 3 rings (SSSR count). The number of nitrogens with one attached hydrogen (secondary N) is 1. The van der Waals surface area contributed by atoms with Crippen LogP contribution >= 0.6 is 0 Å². The maximum atomic E-state index is 4.81. The molecule has 1 unspecified atom stereocenters. The van der Waals surface area contributed by atoms with Gasteiger partial charge in [0.15, 0.2) is 0 Å². The minimum atomic E-state index is 0.304. The monoisotopic (exact) mass is 311 g/mol. The lowest BCUT2D eigenvalue weighted by atomic mass is 9.95. The Kier molecular flexibility index (Phi) is 4.57. The molecule has 0 aromatic carbocycles. The fourth-order valence-corrected chi connectivity index (χ4v) is 3.16. The smallest absolute Gasteiger partial charge is 0.150 e. The van der Waals surface area contributed by atoms with Crippen LogP contribution in [-0.2, 0) is 0 Å². The quantitative estimate of drug-likeness (QED) is 0.931. The zero-order valence-corrected chi connectivity index (χ0v) is 14.2. The van der Waals surface area contributed by atoms with Gasteiger partial charge in [0.2, 0.25) is 0 Å². The van der Waals surface area contributed by atoms with Gasteiger partial charge in [0.05, 0.1) is 17.9 Å². The molecule has 5 nitrogen and oxygen atoms in total. The maximum Gasteiger partial charge on any atom is 0.150 e. The summed E-state index contributed by atoms with van der Waals surface area (Å²) >= 11 is 0. The van der Waals surface area contributed by atoms with E-state index in [1.54, 1.807) is 18.6 Å². The van der Waals surface area contributed by atoms with Crippen molar-refractivity contribution < 1.29 is 0 Å². The topological polar surface area (TPSA) is 53.9 Å². The second-order valence-corrected chi connectivity index (χ2v) is 7.35. The van der Waals surface area contributed by atoms with E-state index in [1.165, 1.54) is 12.8 Å². The van der Waals surface area contributed by atoms with Gasteiger partial charge in [-0.25, -0.2) is 9.97 Å². The van der Waals surface area contributed by atoms with Crippen molar-refractivity contribution in [2.24, 2.45) is 5.41 Å². The van der Waals surface area contributed by atoms with E-state index in [0.29, 0.717) is 11.5 Å². The lowest BCUT2D eigenvalue weighted by Crippen LogP contribution is -2.32. The van der Waals surface area contributed by atoms with E-state index in [-0.39, 0.29) is 0 Å². The zero-order chi connectivity index (χ0) is 16.3. The van der Waals surface area contributed by atoms with Crippen LogP contribution in [0.3, 0.4) is 0 Å². The second-order valence-electron chi connectivity index (χ2n) is 7.35. The van der Waals surface area contributed by atoms with E-state index < -0.39 is 0 Å². The number of hydrogen-bond donors (Lipinski definition) is 1. The van der Waals surface area contributed by atoms with Gasteiger partial charge in [-0.2, -0.15) is 0 Å². The number of nitrogens with zero attached hydrogens (tertiary/aromatic N) is 4. The van der Waals surface area contributed by atoms with Gasteiger partial charge in [0, 0.05) is 18.9 Å². The molecular weight excluding hydrogens is 286 g/mol. The van der Waals surface area contributed by atoms with Gasteiger partial charge in [-0.05, 0) is 36.9 Å². The van der Waals surface area contributed by atoms with E-state index in [2.05, 4.69) is 53.1 Å². The van der Waals surface area contributed by atoms with Crippen molar-refractivity contribution in [3.63, 3.8) is 0 Å². The molecule has 0 radical (unpaired) electrons. The second kappa shape index (κ2) is 6.62. The van der Waals surface area contributed by atoms with Gasteiger partial charge in [0.25, 0.3) is 0 Å². The molecule has 5 heteroatoms. The highest BCUT2D eigenvalue weighted by Gasteiger charge is 2.30.